The standard InChI is InChI=1S/C17H12N.C11H8N.C9H5F2N2.2Ir/c1-2-6-14(7-3-1)15-9-11-16(12-10-15)17-8-4-5-13-18-17;1-2-6-10(7-3-1)11-8-4-5-9-12-11;10-7-2-3-9(8(11)6-7)13-5-1-4-12-13;;/h1-11,13H;1-6,8-9H;1-2,4-6H;;/q3*-1;;. The summed E-state index contributed by atoms with van der Waals surface area (Å²) in [5.41, 5.74) is 6.49. The minimum absolute atomic E-state index is 0. The van der Waals surface area contributed by atoms with Crippen molar-refractivity contribution in [1.29, 1.82) is 0 Å². The van der Waals surface area contributed by atoms with E-state index < -0.39 is 11.6 Å². The Labute approximate surface area is 288 Å². The summed E-state index contributed by atoms with van der Waals surface area (Å²) in [7, 11) is 0. The van der Waals surface area contributed by atoms with Crippen molar-refractivity contribution in [3.63, 3.8) is 0 Å². The smallest absolute Gasteiger partial charge is 0.0493 e. The third-order valence-corrected chi connectivity index (χ3v) is 6.08. The minimum atomic E-state index is -0.677. The van der Waals surface area contributed by atoms with Crippen molar-refractivity contribution >= 4 is 0 Å². The van der Waals surface area contributed by atoms with Crippen LogP contribution < -0.4 is 0 Å². The maximum Gasteiger partial charge on any atom is 0.0493 e. The molecule has 8 heteroatoms. The molecule has 0 atom stereocenters. The summed E-state index contributed by atoms with van der Waals surface area (Å²) in [6.45, 7) is 0. The van der Waals surface area contributed by atoms with E-state index in [2.05, 4.69) is 57.5 Å². The molecule has 0 fully saturated rings. The number of halogens is 2. The number of aromatic nitrogens is 4. The molecule has 0 bridgehead atoms. The van der Waals surface area contributed by atoms with Gasteiger partial charge in [-0.25, -0.2) is 0 Å². The molecule has 0 aliphatic carbocycles. The maximum atomic E-state index is 13.1. The number of pyridine rings is 2. The van der Waals surface area contributed by atoms with Crippen molar-refractivity contribution in [3.8, 4) is 39.3 Å². The fraction of sp³-hybridized carbons (Fsp3) is 0. The number of rotatable bonds is 4. The van der Waals surface area contributed by atoms with Crippen LogP contribution in [-0.2, 0) is 40.2 Å². The molecule has 45 heavy (non-hydrogen) atoms. The Balaban J connectivity index is 0.000000185. The second-order valence-electron chi connectivity index (χ2n) is 9.03. The third-order valence-electron chi connectivity index (χ3n) is 6.08. The van der Waals surface area contributed by atoms with Crippen molar-refractivity contribution in [2.24, 2.45) is 0 Å². The topological polar surface area (TPSA) is 43.6 Å². The number of hydrogen-bond acceptors (Lipinski definition) is 3. The fourth-order valence-electron chi connectivity index (χ4n) is 4.01. The first kappa shape index (κ1) is 35.0. The second-order valence-corrected chi connectivity index (χ2v) is 9.03. The predicted molar refractivity (Wildman–Crippen MR) is 165 cm³/mol. The molecular formula is C37H25F2Ir2N4-3. The Bertz CT molecular complexity index is 1710. The summed E-state index contributed by atoms with van der Waals surface area (Å²) in [5.74, 6) is -1.32. The summed E-state index contributed by atoms with van der Waals surface area (Å²) >= 11 is 0. The van der Waals surface area contributed by atoms with Crippen LogP contribution in [0.25, 0.3) is 39.3 Å². The number of nitrogens with zero attached hydrogens (tertiary/aromatic N) is 4. The molecular weight excluding hydrogens is 923 g/mol. The van der Waals surface area contributed by atoms with Gasteiger partial charge in [0.25, 0.3) is 0 Å². The van der Waals surface area contributed by atoms with E-state index in [0.717, 1.165) is 34.6 Å². The van der Waals surface area contributed by atoms with Gasteiger partial charge in [0.15, 0.2) is 0 Å². The van der Waals surface area contributed by atoms with Crippen molar-refractivity contribution in [2.75, 3.05) is 0 Å². The molecule has 0 spiro atoms. The van der Waals surface area contributed by atoms with Gasteiger partial charge in [-0.2, -0.15) is 11.2 Å². The molecule has 7 aromatic rings. The van der Waals surface area contributed by atoms with E-state index in [9.17, 15) is 8.78 Å². The molecule has 0 saturated heterocycles. The average molecular weight is 948 g/mol. The van der Waals surface area contributed by atoms with E-state index in [1.54, 1.807) is 24.7 Å². The van der Waals surface area contributed by atoms with Crippen LogP contribution in [0.4, 0.5) is 8.78 Å². The summed E-state index contributed by atoms with van der Waals surface area (Å²) in [5, 5.41) is 3.80. The van der Waals surface area contributed by atoms with Gasteiger partial charge in [-0.3, -0.25) is 13.5 Å². The van der Waals surface area contributed by atoms with Gasteiger partial charge in [0.2, 0.25) is 0 Å². The molecule has 3 aromatic heterocycles. The molecule has 0 aliphatic heterocycles. The van der Waals surface area contributed by atoms with Crippen LogP contribution in [0, 0.1) is 29.8 Å². The van der Waals surface area contributed by atoms with Crippen LogP contribution in [0.3, 0.4) is 0 Å². The number of benzene rings is 4. The SMILES string of the molecule is Fc1c[c-]c(-n2cccn2)c(F)c1.[Ir].[Ir].[c-]1cc(-c2ccccc2)ccc1-c1ccccn1.[c-]1ccccc1-c1ccccn1. The molecule has 4 nitrogen and oxygen atoms in total. The van der Waals surface area contributed by atoms with E-state index in [1.165, 1.54) is 22.0 Å². The van der Waals surface area contributed by atoms with E-state index in [4.69, 9.17) is 0 Å². The average Bonchev–Trinajstić information content (AvgIpc) is 3.62. The van der Waals surface area contributed by atoms with Crippen molar-refractivity contribution in [2.45, 2.75) is 0 Å². The van der Waals surface area contributed by atoms with E-state index in [1.807, 2.05) is 84.9 Å². The van der Waals surface area contributed by atoms with Gasteiger partial charge in [0, 0.05) is 76.6 Å². The van der Waals surface area contributed by atoms with Crippen LogP contribution >= 0.6 is 0 Å². The molecule has 0 N–H and O–H groups in total. The van der Waals surface area contributed by atoms with E-state index >= 15 is 0 Å². The molecule has 7 rings (SSSR count). The zero-order chi connectivity index (χ0) is 29.7. The first-order chi connectivity index (χ1) is 21.2. The summed E-state index contributed by atoms with van der Waals surface area (Å²) in [6.07, 6.45) is 6.66. The Morgan fingerprint density at radius 2 is 1.22 bits per heavy atom. The normalized spacial score (nSPS) is 9.64. The number of hydrogen-bond donors (Lipinski definition) is 0. The van der Waals surface area contributed by atoms with Crippen LogP contribution in [0.15, 0.2) is 152 Å². The van der Waals surface area contributed by atoms with Gasteiger partial charge >= 0.3 is 0 Å². The van der Waals surface area contributed by atoms with Crippen molar-refractivity contribution < 1.29 is 49.0 Å². The summed E-state index contributed by atoms with van der Waals surface area (Å²) in [4.78, 5) is 8.54. The third kappa shape index (κ3) is 10.3. The minimum Gasteiger partial charge on any atom is -0.305 e. The monoisotopic (exact) mass is 949 g/mol. The van der Waals surface area contributed by atoms with Gasteiger partial charge in [0.05, 0.1) is 0 Å². The van der Waals surface area contributed by atoms with E-state index in [-0.39, 0.29) is 45.9 Å². The molecule has 0 aliphatic rings. The molecule has 0 saturated carbocycles. The van der Waals surface area contributed by atoms with Crippen LogP contribution in [0.2, 0.25) is 0 Å². The first-order valence-electron chi connectivity index (χ1n) is 13.4. The van der Waals surface area contributed by atoms with Gasteiger partial charge in [-0.15, -0.1) is 77.9 Å². The van der Waals surface area contributed by atoms with E-state index in [0.29, 0.717) is 0 Å². The Hall–Kier alpha value is -4.45. The zero-order valence-electron chi connectivity index (χ0n) is 23.6. The Kier molecular flexibility index (Phi) is 14.3. The summed E-state index contributed by atoms with van der Waals surface area (Å²) in [6, 6.07) is 48.5. The van der Waals surface area contributed by atoms with Gasteiger partial charge in [-0.1, -0.05) is 65.7 Å². The maximum absolute atomic E-state index is 13.1. The largest absolute Gasteiger partial charge is 0.305 e. The van der Waals surface area contributed by atoms with Crippen molar-refractivity contribution in [3.05, 3.63) is 182 Å². The van der Waals surface area contributed by atoms with Gasteiger partial charge in [-0.05, 0) is 35.3 Å². The molecule has 228 valence electrons. The quantitative estimate of drug-likeness (QED) is 0.166. The van der Waals surface area contributed by atoms with Crippen LogP contribution in [-0.4, -0.2) is 19.7 Å². The molecule has 0 amide bonds. The van der Waals surface area contributed by atoms with Gasteiger partial charge < -0.3 is 9.97 Å². The summed E-state index contributed by atoms with van der Waals surface area (Å²) < 4.78 is 26.9. The Morgan fingerprint density at radius 3 is 1.76 bits per heavy atom. The molecule has 0 unspecified atom stereocenters. The Morgan fingerprint density at radius 1 is 0.556 bits per heavy atom. The predicted octanol–water partition coefficient (Wildman–Crippen LogP) is 8.71. The zero-order valence-corrected chi connectivity index (χ0v) is 28.4. The molecule has 2 radical (unpaired) electrons. The first-order valence-corrected chi connectivity index (χ1v) is 13.4. The fourth-order valence-corrected chi connectivity index (χ4v) is 4.01. The van der Waals surface area contributed by atoms with Crippen LogP contribution in [0.5, 0.6) is 0 Å². The van der Waals surface area contributed by atoms with Crippen molar-refractivity contribution in [1.82, 2.24) is 19.7 Å². The second kappa shape index (κ2) is 18.4. The van der Waals surface area contributed by atoms with Gasteiger partial charge in [0.1, 0.15) is 0 Å². The van der Waals surface area contributed by atoms with Crippen LogP contribution in [0.1, 0.15) is 0 Å². The molecule has 4 aromatic carbocycles. The molecule has 3 heterocycles.